The quantitative estimate of drug-likeness (QED) is 0.762. The summed E-state index contributed by atoms with van der Waals surface area (Å²) in [7, 11) is 0. The van der Waals surface area contributed by atoms with E-state index in [1.807, 2.05) is 0 Å². The predicted molar refractivity (Wildman–Crippen MR) is 79.4 cm³/mol. The van der Waals surface area contributed by atoms with Crippen molar-refractivity contribution in [1.82, 2.24) is 0 Å². The Morgan fingerprint density at radius 1 is 0.650 bits per heavy atom. The Morgan fingerprint density at radius 3 is 1.60 bits per heavy atom. The smallest absolute Gasteiger partial charge is 0.169 e. The highest BCUT2D eigenvalue weighted by molar-refractivity contribution is 5.36. The van der Waals surface area contributed by atoms with Crippen LogP contribution in [0.15, 0.2) is 48.5 Å². The van der Waals surface area contributed by atoms with Gasteiger partial charge in [-0.05, 0) is 11.1 Å². The molecule has 2 aliphatic rings. The lowest BCUT2D eigenvalue weighted by Crippen LogP contribution is -2.97. The first kappa shape index (κ1) is 12.1. The van der Waals surface area contributed by atoms with Crippen molar-refractivity contribution in [3.8, 4) is 0 Å². The molecule has 0 amide bonds. The highest BCUT2D eigenvalue weighted by Gasteiger charge is 2.37. The van der Waals surface area contributed by atoms with Crippen molar-refractivity contribution in [3.05, 3.63) is 70.8 Å². The maximum absolute atomic E-state index is 2.55. The molecule has 0 aromatic heterocycles. The monoisotopic (exact) mass is 266 g/mol. The highest BCUT2D eigenvalue weighted by Crippen LogP contribution is 2.30. The number of benzene rings is 2. The van der Waals surface area contributed by atoms with Crippen LogP contribution < -0.4 is 10.6 Å². The van der Waals surface area contributed by atoms with Gasteiger partial charge in [0, 0.05) is 24.0 Å². The second kappa shape index (κ2) is 5.04. The van der Waals surface area contributed by atoms with Crippen LogP contribution in [0.4, 0.5) is 0 Å². The van der Waals surface area contributed by atoms with Crippen molar-refractivity contribution in [2.75, 3.05) is 13.1 Å². The highest BCUT2D eigenvalue weighted by atomic mass is 15.0. The zero-order valence-corrected chi connectivity index (χ0v) is 11.8. The van der Waals surface area contributed by atoms with Crippen molar-refractivity contribution in [2.45, 2.75) is 24.9 Å². The second-order valence-corrected chi connectivity index (χ2v) is 6.00. The third-order valence-corrected chi connectivity index (χ3v) is 4.88. The Balaban J connectivity index is 1.77. The Morgan fingerprint density at radius 2 is 1.10 bits per heavy atom. The van der Waals surface area contributed by atoms with Gasteiger partial charge in [-0.3, -0.25) is 0 Å². The summed E-state index contributed by atoms with van der Waals surface area (Å²) in [5, 5.41) is 5.09. The first-order chi connectivity index (χ1) is 9.93. The van der Waals surface area contributed by atoms with Crippen LogP contribution in [-0.2, 0) is 12.8 Å². The van der Waals surface area contributed by atoms with Crippen LogP contribution in [0, 0.1) is 0 Å². The van der Waals surface area contributed by atoms with E-state index < -0.39 is 0 Å². The van der Waals surface area contributed by atoms with Gasteiger partial charge in [-0.2, -0.15) is 0 Å². The average Bonchev–Trinajstić information content (AvgIpc) is 2.54. The normalized spacial score (nSPS) is 24.8. The van der Waals surface area contributed by atoms with Crippen LogP contribution in [0.3, 0.4) is 0 Å². The summed E-state index contributed by atoms with van der Waals surface area (Å²) in [5.41, 5.74) is 6.21. The molecule has 0 unspecified atom stereocenters. The minimum absolute atomic E-state index is 0.571. The van der Waals surface area contributed by atoms with E-state index in [2.05, 4.69) is 59.2 Å². The lowest BCUT2D eigenvalue weighted by atomic mass is 9.83. The van der Waals surface area contributed by atoms with Gasteiger partial charge in [0.1, 0.15) is 0 Å². The van der Waals surface area contributed by atoms with Gasteiger partial charge < -0.3 is 10.6 Å². The van der Waals surface area contributed by atoms with Gasteiger partial charge in [-0.25, -0.2) is 0 Å². The number of fused-ring (bicyclic) bond motifs is 2. The lowest BCUT2D eigenvalue weighted by Gasteiger charge is -2.32. The molecule has 102 valence electrons. The molecule has 2 aliphatic heterocycles. The van der Waals surface area contributed by atoms with Gasteiger partial charge in [0.15, 0.2) is 12.1 Å². The van der Waals surface area contributed by atoms with Crippen molar-refractivity contribution in [3.63, 3.8) is 0 Å². The molecular weight excluding hydrogens is 244 g/mol. The molecule has 2 atom stereocenters. The summed E-state index contributed by atoms with van der Waals surface area (Å²) in [4.78, 5) is 0. The van der Waals surface area contributed by atoms with Gasteiger partial charge in [-0.1, -0.05) is 48.5 Å². The molecule has 0 radical (unpaired) electrons. The molecule has 4 rings (SSSR count). The Hall–Kier alpha value is -1.64. The van der Waals surface area contributed by atoms with Crippen LogP contribution >= 0.6 is 0 Å². The molecule has 2 heterocycles. The Bertz CT molecular complexity index is 565. The van der Waals surface area contributed by atoms with Crippen LogP contribution in [0.1, 0.15) is 34.3 Å². The van der Waals surface area contributed by atoms with E-state index in [0.29, 0.717) is 12.1 Å². The SMILES string of the molecule is c1ccc2c(c1)CC[NH2+][C@H]2[C@@H]1[NH2+]CCc2ccccc21. The summed E-state index contributed by atoms with van der Waals surface area (Å²) in [6.45, 7) is 2.43. The average molecular weight is 266 g/mol. The molecule has 0 aliphatic carbocycles. The van der Waals surface area contributed by atoms with E-state index in [9.17, 15) is 0 Å². The molecule has 2 aromatic rings. The molecule has 2 nitrogen and oxygen atoms in total. The van der Waals surface area contributed by atoms with E-state index >= 15 is 0 Å². The topological polar surface area (TPSA) is 33.2 Å². The summed E-state index contributed by atoms with van der Waals surface area (Å²) in [6.07, 6.45) is 2.42. The van der Waals surface area contributed by atoms with Crippen molar-refractivity contribution >= 4 is 0 Å². The maximum atomic E-state index is 2.55. The van der Waals surface area contributed by atoms with Crippen LogP contribution in [-0.4, -0.2) is 13.1 Å². The molecule has 4 N–H and O–H groups in total. The van der Waals surface area contributed by atoms with Gasteiger partial charge in [0.2, 0.25) is 0 Å². The molecule has 2 aromatic carbocycles. The molecule has 0 saturated carbocycles. The number of rotatable bonds is 1. The Kier molecular flexibility index (Phi) is 3.06. The molecular formula is C18H22N2+2. The van der Waals surface area contributed by atoms with Gasteiger partial charge >= 0.3 is 0 Å². The summed E-state index contributed by atoms with van der Waals surface area (Å²) >= 11 is 0. The molecule has 0 fully saturated rings. The zero-order chi connectivity index (χ0) is 13.4. The first-order valence-corrected chi connectivity index (χ1v) is 7.76. The van der Waals surface area contributed by atoms with E-state index in [1.165, 1.54) is 25.9 Å². The maximum Gasteiger partial charge on any atom is 0.169 e. The fourth-order valence-corrected chi connectivity index (χ4v) is 3.94. The number of hydrogen-bond acceptors (Lipinski definition) is 0. The van der Waals surface area contributed by atoms with E-state index in [1.54, 1.807) is 22.3 Å². The third-order valence-electron chi connectivity index (χ3n) is 4.88. The molecule has 0 spiro atoms. The van der Waals surface area contributed by atoms with Crippen LogP contribution in [0.5, 0.6) is 0 Å². The zero-order valence-electron chi connectivity index (χ0n) is 11.8. The van der Waals surface area contributed by atoms with Crippen molar-refractivity contribution < 1.29 is 10.6 Å². The number of hydrogen-bond donors (Lipinski definition) is 2. The fourth-order valence-electron chi connectivity index (χ4n) is 3.94. The van der Waals surface area contributed by atoms with Crippen molar-refractivity contribution in [2.24, 2.45) is 0 Å². The van der Waals surface area contributed by atoms with Crippen LogP contribution in [0.25, 0.3) is 0 Å². The van der Waals surface area contributed by atoms with Crippen LogP contribution in [0.2, 0.25) is 0 Å². The summed E-state index contributed by atoms with van der Waals surface area (Å²) in [5.74, 6) is 0. The number of quaternary nitrogens is 2. The molecule has 2 heteroatoms. The lowest BCUT2D eigenvalue weighted by molar-refractivity contribution is -0.788. The molecule has 20 heavy (non-hydrogen) atoms. The van der Waals surface area contributed by atoms with Gasteiger partial charge in [0.05, 0.1) is 13.1 Å². The van der Waals surface area contributed by atoms with Gasteiger partial charge in [0.25, 0.3) is 0 Å². The first-order valence-electron chi connectivity index (χ1n) is 7.76. The molecule has 0 saturated heterocycles. The minimum Gasteiger partial charge on any atom is -0.334 e. The van der Waals surface area contributed by atoms with E-state index in [4.69, 9.17) is 0 Å². The minimum atomic E-state index is 0.571. The second-order valence-electron chi connectivity index (χ2n) is 6.00. The largest absolute Gasteiger partial charge is 0.334 e. The van der Waals surface area contributed by atoms with E-state index in [0.717, 1.165) is 0 Å². The van der Waals surface area contributed by atoms with Gasteiger partial charge in [-0.15, -0.1) is 0 Å². The van der Waals surface area contributed by atoms with Crippen molar-refractivity contribution in [1.29, 1.82) is 0 Å². The fraction of sp³-hybridized carbons (Fsp3) is 0.333. The predicted octanol–water partition coefficient (Wildman–Crippen LogP) is 0.708. The summed E-state index contributed by atoms with van der Waals surface area (Å²) in [6, 6.07) is 19.2. The Labute approximate surface area is 120 Å². The van der Waals surface area contributed by atoms with E-state index in [-0.39, 0.29) is 0 Å². The summed E-state index contributed by atoms with van der Waals surface area (Å²) < 4.78 is 0. The molecule has 0 bridgehead atoms. The third kappa shape index (κ3) is 1.96. The number of nitrogens with two attached hydrogens (primary N) is 2. The standard InChI is InChI=1S/C18H20N2/c1-3-7-15-13(5-1)9-11-19-17(15)18-16-8-4-2-6-14(16)10-12-20-18/h1-8,17-20H,9-12H2/p+2/t17-,18-/m1/s1.